The molecule has 3 atom stereocenters. The van der Waals surface area contributed by atoms with Crippen LogP contribution in [0.5, 0.6) is 0 Å². The fraction of sp³-hybridized carbons (Fsp3) is 1.00. The molecule has 0 aromatic carbocycles. The summed E-state index contributed by atoms with van der Waals surface area (Å²) in [7, 11) is 0. The van der Waals surface area contributed by atoms with Crippen LogP contribution in [-0.2, 0) is 4.74 Å². The van der Waals surface area contributed by atoms with Gasteiger partial charge in [-0.05, 0) is 20.3 Å². The number of ether oxygens (including phenoxy) is 1. The third-order valence-electron chi connectivity index (χ3n) is 3.17. The van der Waals surface area contributed by atoms with Gasteiger partial charge in [0, 0.05) is 0 Å². The Morgan fingerprint density at radius 2 is 2.00 bits per heavy atom. The number of hydrogen-bond acceptors (Lipinski definition) is 2. The van der Waals surface area contributed by atoms with E-state index in [9.17, 15) is 5.11 Å². The quantitative estimate of drug-likeness (QED) is 0.510. The highest BCUT2D eigenvalue weighted by Crippen LogP contribution is 2.40. The summed E-state index contributed by atoms with van der Waals surface area (Å²) < 4.78 is 5.37. The van der Waals surface area contributed by atoms with Gasteiger partial charge in [-0.3, -0.25) is 0 Å². The van der Waals surface area contributed by atoms with E-state index in [1.165, 1.54) is 19.3 Å². The molecule has 2 nitrogen and oxygen atoms in total. The second-order valence-electron chi connectivity index (χ2n) is 4.31. The highest BCUT2D eigenvalue weighted by atomic mass is 16.6. The van der Waals surface area contributed by atoms with Gasteiger partial charge in [-0.2, -0.15) is 0 Å². The zero-order valence-electron chi connectivity index (χ0n) is 9.05. The summed E-state index contributed by atoms with van der Waals surface area (Å²) in [5.41, 5.74) is -0.230. The Bertz CT molecular complexity index is 158. The molecule has 2 heteroatoms. The highest BCUT2D eigenvalue weighted by molar-refractivity contribution is 5.01. The zero-order chi connectivity index (χ0) is 9.90. The van der Waals surface area contributed by atoms with Crippen molar-refractivity contribution < 1.29 is 9.84 Å². The van der Waals surface area contributed by atoms with E-state index in [0.717, 1.165) is 12.8 Å². The molecule has 0 radical (unpaired) electrons. The van der Waals surface area contributed by atoms with Gasteiger partial charge >= 0.3 is 0 Å². The van der Waals surface area contributed by atoms with Gasteiger partial charge in [-0.25, -0.2) is 0 Å². The zero-order valence-corrected chi connectivity index (χ0v) is 9.05. The largest absolute Gasteiger partial charge is 0.390 e. The first-order valence-corrected chi connectivity index (χ1v) is 5.47. The minimum Gasteiger partial charge on any atom is -0.390 e. The Morgan fingerprint density at radius 1 is 1.38 bits per heavy atom. The van der Waals surface area contributed by atoms with E-state index in [4.69, 9.17) is 4.74 Å². The Hall–Kier alpha value is -0.0800. The first-order valence-electron chi connectivity index (χ1n) is 5.47. The van der Waals surface area contributed by atoms with Crippen LogP contribution in [0, 0.1) is 0 Å². The van der Waals surface area contributed by atoms with Crippen molar-refractivity contribution in [2.75, 3.05) is 0 Å². The summed E-state index contributed by atoms with van der Waals surface area (Å²) >= 11 is 0. The Labute approximate surface area is 81.3 Å². The van der Waals surface area contributed by atoms with E-state index in [1.54, 1.807) is 0 Å². The van der Waals surface area contributed by atoms with E-state index < -0.39 is 0 Å². The molecule has 0 amide bonds. The Balaban J connectivity index is 2.08. The van der Waals surface area contributed by atoms with E-state index >= 15 is 0 Å². The van der Waals surface area contributed by atoms with Crippen molar-refractivity contribution in [3.05, 3.63) is 0 Å². The maximum Gasteiger partial charge on any atom is 0.117 e. The lowest BCUT2D eigenvalue weighted by Gasteiger charge is -2.14. The number of unbranched alkanes of at least 4 members (excludes halogenated alkanes) is 3. The first-order chi connectivity index (χ1) is 6.11. The van der Waals surface area contributed by atoms with Crippen LogP contribution in [0.15, 0.2) is 0 Å². The van der Waals surface area contributed by atoms with Crippen molar-refractivity contribution in [2.24, 2.45) is 0 Å². The lowest BCUT2D eigenvalue weighted by Crippen LogP contribution is -2.28. The van der Waals surface area contributed by atoms with Gasteiger partial charge in [0.05, 0.1) is 12.2 Å². The summed E-state index contributed by atoms with van der Waals surface area (Å²) in [6.07, 6.45) is 5.76. The Kier molecular flexibility index (Phi) is 3.74. The molecule has 13 heavy (non-hydrogen) atoms. The minimum absolute atomic E-state index is 0.230. The van der Waals surface area contributed by atoms with E-state index in [1.807, 2.05) is 13.8 Å². The molecule has 0 aromatic heterocycles. The summed E-state index contributed by atoms with van der Waals surface area (Å²) in [5.74, 6) is 0. The van der Waals surface area contributed by atoms with Crippen LogP contribution in [0.2, 0.25) is 0 Å². The summed E-state index contributed by atoms with van der Waals surface area (Å²) in [5, 5.41) is 9.79. The van der Waals surface area contributed by atoms with Crippen molar-refractivity contribution in [1.29, 1.82) is 0 Å². The fourth-order valence-electron chi connectivity index (χ4n) is 1.75. The maximum absolute atomic E-state index is 9.79. The minimum atomic E-state index is -0.264. The molecule has 78 valence electrons. The van der Waals surface area contributed by atoms with Crippen LogP contribution in [-0.4, -0.2) is 22.9 Å². The predicted molar refractivity (Wildman–Crippen MR) is 53.7 cm³/mol. The molecular formula is C11H22O2. The van der Waals surface area contributed by atoms with Gasteiger partial charge in [0.15, 0.2) is 0 Å². The normalized spacial score (nSPS) is 34.6. The van der Waals surface area contributed by atoms with Crippen LogP contribution in [0.25, 0.3) is 0 Å². The number of rotatable bonds is 6. The van der Waals surface area contributed by atoms with E-state index in [0.29, 0.717) is 0 Å². The van der Waals surface area contributed by atoms with Gasteiger partial charge in [0.2, 0.25) is 0 Å². The van der Waals surface area contributed by atoms with Crippen LogP contribution < -0.4 is 0 Å². The second kappa shape index (κ2) is 4.43. The summed E-state index contributed by atoms with van der Waals surface area (Å²) in [4.78, 5) is 0. The predicted octanol–water partition coefficient (Wildman–Crippen LogP) is 2.50. The van der Waals surface area contributed by atoms with Crippen molar-refractivity contribution in [3.63, 3.8) is 0 Å². The molecule has 1 unspecified atom stereocenters. The molecule has 0 aromatic rings. The van der Waals surface area contributed by atoms with Crippen LogP contribution in [0.3, 0.4) is 0 Å². The van der Waals surface area contributed by atoms with E-state index in [2.05, 4.69) is 6.92 Å². The van der Waals surface area contributed by atoms with Gasteiger partial charge in [0.25, 0.3) is 0 Å². The van der Waals surface area contributed by atoms with Crippen LogP contribution >= 0.6 is 0 Å². The highest BCUT2D eigenvalue weighted by Gasteiger charge is 2.53. The fourth-order valence-corrected chi connectivity index (χ4v) is 1.75. The van der Waals surface area contributed by atoms with E-state index in [-0.39, 0.29) is 17.8 Å². The van der Waals surface area contributed by atoms with Crippen molar-refractivity contribution >= 4 is 0 Å². The van der Waals surface area contributed by atoms with Gasteiger partial charge in [-0.1, -0.05) is 32.6 Å². The molecule has 1 saturated heterocycles. The average Bonchev–Trinajstić information content (AvgIpc) is 2.70. The van der Waals surface area contributed by atoms with Gasteiger partial charge in [-0.15, -0.1) is 0 Å². The maximum atomic E-state index is 9.79. The SMILES string of the molecule is CCCCCCC(O)[C@]1(C)O[C@H]1C. The number of hydrogen-bond donors (Lipinski definition) is 1. The third-order valence-corrected chi connectivity index (χ3v) is 3.17. The molecule has 1 N–H and O–H groups in total. The topological polar surface area (TPSA) is 32.8 Å². The van der Waals surface area contributed by atoms with Crippen molar-refractivity contribution in [2.45, 2.75) is 70.7 Å². The molecule has 1 heterocycles. The molecule has 0 spiro atoms. The van der Waals surface area contributed by atoms with Gasteiger partial charge in [0.1, 0.15) is 5.60 Å². The molecule has 1 aliphatic rings. The van der Waals surface area contributed by atoms with Crippen molar-refractivity contribution in [1.82, 2.24) is 0 Å². The molecule has 0 bridgehead atoms. The monoisotopic (exact) mass is 186 g/mol. The van der Waals surface area contributed by atoms with Crippen LogP contribution in [0.4, 0.5) is 0 Å². The number of aliphatic hydroxyl groups excluding tert-OH is 1. The summed E-state index contributed by atoms with van der Waals surface area (Å²) in [6.45, 7) is 6.22. The average molecular weight is 186 g/mol. The standard InChI is InChI=1S/C11H22O2/c1-4-5-6-7-8-10(12)11(3)9(2)13-11/h9-10,12H,4-8H2,1-3H3/t9-,10?,11+/m0/s1. The molecule has 1 fully saturated rings. The van der Waals surface area contributed by atoms with Crippen molar-refractivity contribution in [3.8, 4) is 0 Å². The van der Waals surface area contributed by atoms with Gasteiger partial charge < -0.3 is 9.84 Å². The van der Waals surface area contributed by atoms with Crippen LogP contribution in [0.1, 0.15) is 52.9 Å². The number of aliphatic hydroxyl groups is 1. The first kappa shape index (κ1) is 11.0. The smallest absolute Gasteiger partial charge is 0.117 e. The number of epoxide rings is 1. The molecule has 0 aliphatic carbocycles. The second-order valence-corrected chi connectivity index (χ2v) is 4.31. The molecule has 0 saturated carbocycles. The molecule has 1 aliphatic heterocycles. The molecule has 1 rings (SSSR count). The lowest BCUT2D eigenvalue weighted by atomic mass is 9.96. The lowest BCUT2D eigenvalue weighted by molar-refractivity contribution is 0.0751. The molecular weight excluding hydrogens is 164 g/mol. The summed E-state index contributed by atoms with van der Waals surface area (Å²) in [6, 6.07) is 0. The third kappa shape index (κ3) is 2.68. The Morgan fingerprint density at radius 3 is 2.46 bits per heavy atom.